The van der Waals surface area contributed by atoms with Crippen molar-refractivity contribution in [3.8, 4) is 0 Å². The van der Waals surface area contributed by atoms with E-state index in [0.29, 0.717) is 5.91 Å². The topological polar surface area (TPSA) is 32.3 Å². The standard InChI is InChI=1S/C15H28N2O/c1-2-6-13-7-5-11-17(12-9-13)15(18)14-8-3-4-10-16-14/h13-14,16H,2-12H2,1H3/t13?,14-/m1/s1. The fourth-order valence-electron chi connectivity index (χ4n) is 3.37. The van der Waals surface area contributed by atoms with Gasteiger partial charge in [0, 0.05) is 13.1 Å². The van der Waals surface area contributed by atoms with Gasteiger partial charge in [0.2, 0.25) is 5.91 Å². The Balaban J connectivity index is 1.82. The fraction of sp³-hybridized carbons (Fsp3) is 0.933. The van der Waals surface area contributed by atoms with Gasteiger partial charge in [-0.15, -0.1) is 0 Å². The van der Waals surface area contributed by atoms with Gasteiger partial charge in [0.25, 0.3) is 0 Å². The number of amides is 1. The van der Waals surface area contributed by atoms with Gasteiger partial charge in [0.1, 0.15) is 0 Å². The van der Waals surface area contributed by atoms with Crippen molar-refractivity contribution in [1.29, 1.82) is 0 Å². The maximum atomic E-state index is 12.4. The lowest BCUT2D eigenvalue weighted by Gasteiger charge is -2.29. The molecule has 0 aromatic rings. The monoisotopic (exact) mass is 252 g/mol. The SMILES string of the molecule is CCCC1CCCN(C(=O)[C@H]2CCCCN2)CC1. The first-order valence-corrected chi connectivity index (χ1v) is 7.83. The van der Waals surface area contributed by atoms with Crippen molar-refractivity contribution < 1.29 is 4.79 Å². The molecule has 2 aliphatic rings. The van der Waals surface area contributed by atoms with Crippen LogP contribution in [0.1, 0.15) is 58.3 Å². The minimum Gasteiger partial charge on any atom is -0.341 e. The zero-order valence-electron chi connectivity index (χ0n) is 11.8. The second-order valence-corrected chi connectivity index (χ2v) is 5.91. The highest BCUT2D eigenvalue weighted by atomic mass is 16.2. The molecule has 0 radical (unpaired) electrons. The molecule has 0 spiro atoms. The van der Waals surface area contributed by atoms with E-state index in [4.69, 9.17) is 0 Å². The summed E-state index contributed by atoms with van der Waals surface area (Å²) in [4.78, 5) is 14.6. The summed E-state index contributed by atoms with van der Waals surface area (Å²) in [6.45, 7) is 5.25. The van der Waals surface area contributed by atoms with Gasteiger partial charge in [0.05, 0.1) is 6.04 Å². The second kappa shape index (κ2) is 7.13. The Morgan fingerprint density at radius 2 is 2.06 bits per heavy atom. The summed E-state index contributed by atoms with van der Waals surface area (Å²) < 4.78 is 0. The lowest BCUT2D eigenvalue weighted by Crippen LogP contribution is -2.48. The van der Waals surface area contributed by atoms with Crippen LogP contribution in [-0.2, 0) is 4.79 Å². The summed E-state index contributed by atoms with van der Waals surface area (Å²) in [5.74, 6) is 1.22. The van der Waals surface area contributed by atoms with Crippen LogP contribution >= 0.6 is 0 Å². The summed E-state index contributed by atoms with van der Waals surface area (Å²) in [5, 5.41) is 3.38. The Morgan fingerprint density at radius 3 is 2.78 bits per heavy atom. The number of nitrogens with zero attached hydrogens (tertiary/aromatic N) is 1. The number of carbonyl (C=O) groups excluding carboxylic acids is 1. The van der Waals surface area contributed by atoms with Crippen molar-refractivity contribution in [3.05, 3.63) is 0 Å². The molecular weight excluding hydrogens is 224 g/mol. The molecule has 2 atom stereocenters. The Morgan fingerprint density at radius 1 is 1.17 bits per heavy atom. The minimum atomic E-state index is 0.112. The summed E-state index contributed by atoms with van der Waals surface area (Å²) in [6, 6.07) is 0.112. The molecule has 104 valence electrons. The summed E-state index contributed by atoms with van der Waals surface area (Å²) in [6.07, 6.45) is 9.81. The first kappa shape index (κ1) is 13.9. The van der Waals surface area contributed by atoms with E-state index >= 15 is 0 Å². The highest BCUT2D eigenvalue weighted by molar-refractivity contribution is 5.82. The van der Waals surface area contributed by atoms with E-state index in [1.807, 2.05) is 0 Å². The van der Waals surface area contributed by atoms with Gasteiger partial charge in [-0.1, -0.05) is 26.2 Å². The van der Waals surface area contributed by atoms with E-state index in [2.05, 4.69) is 17.1 Å². The van der Waals surface area contributed by atoms with Crippen molar-refractivity contribution in [3.63, 3.8) is 0 Å². The molecule has 18 heavy (non-hydrogen) atoms. The van der Waals surface area contributed by atoms with Crippen LogP contribution in [0.5, 0.6) is 0 Å². The van der Waals surface area contributed by atoms with Crippen molar-refractivity contribution in [2.45, 2.75) is 64.3 Å². The van der Waals surface area contributed by atoms with E-state index in [9.17, 15) is 4.79 Å². The zero-order chi connectivity index (χ0) is 12.8. The van der Waals surface area contributed by atoms with Crippen LogP contribution in [0.3, 0.4) is 0 Å². The third-order valence-electron chi connectivity index (χ3n) is 4.46. The average Bonchev–Trinajstić information content (AvgIpc) is 2.65. The van der Waals surface area contributed by atoms with E-state index < -0.39 is 0 Å². The van der Waals surface area contributed by atoms with E-state index in [0.717, 1.165) is 32.0 Å². The predicted molar refractivity (Wildman–Crippen MR) is 74.5 cm³/mol. The van der Waals surface area contributed by atoms with Crippen molar-refractivity contribution in [2.24, 2.45) is 5.92 Å². The third-order valence-corrected chi connectivity index (χ3v) is 4.46. The van der Waals surface area contributed by atoms with E-state index in [-0.39, 0.29) is 6.04 Å². The van der Waals surface area contributed by atoms with Crippen LogP contribution < -0.4 is 5.32 Å². The molecule has 3 nitrogen and oxygen atoms in total. The molecule has 2 aliphatic heterocycles. The molecule has 0 bridgehead atoms. The normalized spacial score (nSPS) is 29.9. The summed E-state index contributed by atoms with van der Waals surface area (Å²) >= 11 is 0. The third kappa shape index (κ3) is 3.71. The van der Waals surface area contributed by atoms with Gasteiger partial charge in [-0.05, 0) is 44.6 Å². The highest BCUT2D eigenvalue weighted by Crippen LogP contribution is 2.22. The smallest absolute Gasteiger partial charge is 0.239 e. The molecule has 1 unspecified atom stereocenters. The molecule has 0 aromatic heterocycles. The van der Waals surface area contributed by atoms with Crippen LogP contribution in [0.2, 0.25) is 0 Å². The molecular formula is C15H28N2O. The average molecular weight is 252 g/mol. The van der Waals surface area contributed by atoms with Crippen LogP contribution in [0, 0.1) is 5.92 Å². The maximum Gasteiger partial charge on any atom is 0.239 e. The number of carbonyl (C=O) groups is 1. The number of nitrogens with one attached hydrogen (secondary N) is 1. The molecule has 0 aliphatic carbocycles. The number of piperidine rings is 1. The largest absolute Gasteiger partial charge is 0.341 e. The van der Waals surface area contributed by atoms with Crippen LogP contribution in [-0.4, -0.2) is 36.5 Å². The van der Waals surface area contributed by atoms with Crippen LogP contribution in [0.25, 0.3) is 0 Å². The highest BCUT2D eigenvalue weighted by Gasteiger charge is 2.27. The van der Waals surface area contributed by atoms with Gasteiger partial charge >= 0.3 is 0 Å². The summed E-state index contributed by atoms with van der Waals surface area (Å²) in [7, 11) is 0. The molecule has 2 heterocycles. The Hall–Kier alpha value is -0.570. The van der Waals surface area contributed by atoms with Crippen molar-refractivity contribution in [2.75, 3.05) is 19.6 Å². The maximum absolute atomic E-state index is 12.4. The number of rotatable bonds is 3. The predicted octanol–water partition coefficient (Wildman–Crippen LogP) is 2.56. The van der Waals surface area contributed by atoms with Gasteiger partial charge in [-0.2, -0.15) is 0 Å². The van der Waals surface area contributed by atoms with Crippen LogP contribution in [0.15, 0.2) is 0 Å². The molecule has 3 heteroatoms. The Labute approximate surface area is 111 Å². The van der Waals surface area contributed by atoms with Crippen LogP contribution in [0.4, 0.5) is 0 Å². The van der Waals surface area contributed by atoms with Gasteiger partial charge < -0.3 is 10.2 Å². The molecule has 0 aromatic carbocycles. The first-order valence-electron chi connectivity index (χ1n) is 7.83. The van der Waals surface area contributed by atoms with Crippen molar-refractivity contribution in [1.82, 2.24) is 10.2 Å². The molecule has 1 N–H and O–H groups in total. The lowest BCUT2D eigenvalue weighted by atomic mass is 9.96. The Bertz CT molecular complexity index is 261. The lowest BCUT2D eigenvalue weighted by molar-refractivity contribution is -0.134. The quantitative estimate of drug-likeness (QED) is 0.837. The Kier molecular flexibility index (Phi) is 5.48. The number of hydrogen-bond acceptors (Lipinski definition) is 2. The molecule has 2 rings (SSSR count). The van der Waals surface area contributed by atoms with Gasteiger partial charge in [0.15, 0.2) is 0 Å². The fourth-order valence-corrected chi connectivity index (χ4v) is 3.37. The van der Waals surface area contributed by atoms with E-state index in [1.54, 1.807) is 0 Å². The van der Waals surface area contributed by atoms with Crippen molar-refractivity contribution >= 4 is 5.91 Å². The number of likely N-dealkylation sites (tertiary alicyclic amines) is 1. The van der Waals surface area contributed by atoms with E-state index in [1.165, 1.54) is 44.9 Å². The first-order chi connectivity index (χ1) is 8.81. The molecule has 2 saturated heterocycles. The minimum absolute atomic E-state index is 0.112. The number of hydrogen-bond donors (Lipinski definition) is 1. The molecule has 1 amide bonds. The molecule has 2 fully saturated rings. The zero-order valence-corrected chi connectivity index (χ0v) is 11.8. The van der Waals surface area contributed by atoms with Gasteiger partial charge in [-0.25, -0.2) is 0 Å². The molecule has 0 saturated carbocycles. The second-order valence-electron chi connectivity index (χ2n) is 5.91. The summed E-state index contributed by atoms with van der Waals surface area (Å²) in [5.41, 5.74) is 0. The van der Waals surface area contributed by atoms with Gasteiger partial charge in [-0.3, -0.25) is 4.79 Å².